The van der Waals surface area contributed by atoms with Gasteiger partial charge in [-0.3, -0.25) is 0 Å². The molecule has 8 aliphatic rings. The quantitative estimate of drug-likeness (QED) is 0.707. The molecule has 5 nitrogen and oxygen atoms in total. The Labute approximate surface area is 168 Å². The fraction of sp³-hybridized carbons (Fsp3) is 0.583. The molecule has 0 spiro atoms. The maximum Gasteiger partial charge on any atom is 0.352 e. The number of para-hydroxylation sites is 1. The summed E-state index contributed by atoms with van der Waals surface area (Å²) in [5.74, 6) is 6.76. The molecule has 2 aromatic rings. The van der Waals surface area contributed by atoms with Gasteiger partial charge >= 0.3 is 11.4 Å². The van der Waals surface area contributed by atoms with Crippen LogP contribution in [0.1, 0.15) is 37.8 Å². The lowest BCUT2D eigenvalue weighted by Gasteiger charge is -2.54. The predicted molar refractivity (Wildman–Crippen MR) is 108 cm³/mol. The Morgan fingerprint density at radius 1 is 0.690 bits per heavy atom. The number of rotatable bonds is 1. The minimum Gasteiger partial charge on any atom is -0.245 e. The fourth-order valence-electron chi connectivity index (χ4n) is 8.44. The van der Waals surface area contributed by atoms with E-state index in [1.54, 1.807) is 4.68 Å². The number of allylic oxidation sites excluding steroid dienone is 2. The van der Waals surface area contributed by atoms with Crippen LogP contribution in [-0.2, 0) is 0 Å². The summed E-state index contributed by atoms with van der Waals surface area (Å²) in [5, 5.41) is 0. The Bertz CT molecular complexity index is 1170. The Hall–Kier alpha value is -2.30. The first-order chi connectivity index (χ1) is 14.2. The highest BCUT2D eigenvalue weighted by molar-refractivity contribution is 5.31. The van der Waals surface area contributed by atoms with Crippen LogP contribution in [0.5, 0.6) is 0 Å². The zero-order valence-corrected chi connectivity index (χ0v) is 16.3. The average Bonchev–Trinajstić information content (AvgIpc) is 3.61. The Morgan fingerprint density at radius 2 is 1.34 bits per heavy atom. The summed E-state index contributed by atoms with van der Waals surface area (Å²) in [4.78, 5) is 26.8. The Kier molecular flexibility index (Phi) is 2.61. The highest BCUT2D eigenvalue weighted by atomic mass is 16.2. The van der Waals surface area contributed by atoms with Gasteiger partial charge in [0.15, 0.2) is 0 Å². The van der Waals surface area contributed by atoms with E-state index in [1.165, 1.54) is 30.3 Å². The lowest BCUT2D eigenvalue weighted by atomic mass is 9.56. The van der Waals surface area contributed by atoms with Crippen LogP contribution in [0.25, 0.3) is 5.69 Å². The molecule has 0 N–H and O–H groups in total. The average molecular weight is 387 g/mol. The zero-order chi connectivity index (χ0) is 19.0. The van der Waals surface area contributed by atoms with Crippen molar-refractivity contribution in [2.45, 2.75) is 37.8 Å². The minimum absolute atomic E-state index is 0.0450. The van der Waals surface area contributed by atoms with Gasteiger partial charge in [-0.2, -0.15) is 0 Å². The molecular formula is C24H25N3O2. The molecule has 2 unspecified atom stereocenters. The Balaban J connectivity index is 1.29. The van der Waals surface area contributed by atoms with E-state index in [0.29, 0.717) is 17.5 Å². The SMILES string of the molecule is O=c1n(-c2ccccc2)c(=O)n2n1[C@H]1C=C[C@H]2[C@@H]2[C@@H]3CC4[C@H]5C(C[C@H](C3)C[C@H]21)[C@@H]45. The predicted octanol–water partition coefficient (Wildman–Crippen LogP) is 3.01. The molecule has 5 fully saturated rings. The first-order valence-corrected chi connectivity index (χ1v) is 11.4. The van der Waals surface area contributed by atoms with E-state index in [-0.39, 0.29) is 23.5 Å². The topological polar surface area (TPSA) is 48.9 Å². The van der Waals surface area contributed by atoms with E-state index in [4.69, 9.17) is 0 Å². The van der Waals surface area contributed by atoms with Crippen molar-refractivity contribution < 1.29 is 0 Å². The third kappa shape index (κ3) is 1.75. The van der Waals surface area contributed by atoms with E-state index in [2.05, 4.69) is 12.2 Å². The molecule has 29 heavy (non-hydrogen) atoms. The summed E-state index contributed by atoms with van der Waals surface area (Å²) in [6.45, 7) is 0. The minimum atomic E-state index is -0.169. The van der Waals surface area contributed by atoms with Gasteiger partial charge in [-0.05, 0) is 85.2 Å². The van der Waals surface area contributed by atoms with Gasteiger partial charge in [0.1, 0.15) is 0 Å². The molecule has 1 aromatic heterocycles. The van der Waals surface area contributed by atoms with Gasteiger partial charge in [0, 0.05) is 0 Å². The molecule has 0 radical (unpaired) electrons. The lowest BCUT2D eigenvalue weighted by Crippen LogP contribution is -2.54. The van der Waals surface area contributed by atoms with Crippen LogP contribution in [0.4, 0.5) is 0 Å². The van der Waals surface area contributed by atoms with Crippen LogP contribution in [0.15, 0.2) is 52.1 Å². The summed E-state index contributed by atoms with van der Waals surface area (Å²) >= 11 is 0. The van der Waals surface area contributed by atoms with Gasteiger partial charge in [-0.1, -0.05) is 30.4 Å². The fourth-order valence-corrected chi connectivity index (χ4v) is 8.44. The molecule has 1 aromatic carbocycles. The molecule has 0 saturated heterocycles. The second kappa shape index (κ2) is 4.88. The van der Waals surface area contributed by atoms with Gasteiger partial charge in [0.25, 0.3) is 0 Å². The van der Waals surface area contributed by atoms with Crippen molar-refractivity contribution in [1.29, 1.82) is 0 Å². The molecule has 148 valence electrons. The third-order valence-electron chi connectivity index (χ3n) is 9.53. The van der Waals surface area contributed by atoms with Crippen molar-refractivity contribution in [3.63, 3.8) is 0 Å². The maximum atomic E-state index is 13.4. The van der Waals surface area contributed by atoms with E-state index in [9.17, 15) is 9.59 Å². The van der Waals surface area contributed by atoms with E-state index in [0.717, 1.165) is 35.5 Å². The molecule has 5 heteroatoms. The van der Waals surface area contributed by atoms with Crippen LogP contribution >= 0.6 is 0 Å². The van der Waals surface area contributed by atoms with Crippen LogP contribution in [-0.4, -0.2) is 13.9 Å². The van der Waals surface area contributed by atoms with Crippen molar-refractivity contribution in [1.82, 2.24) is 13.9 Å². The summed E-state index contributed by atoms with van der Waals surface area (Å²) in [5.41, 5.74) is 0.342. The highest BCUT2D eigenvalue weighted by Crippen LogP contribution is 2.79. The van der Waals surface area contributed by atoms with Crippen molar-refractivity contribution in [3.05, 3.63) is 63.5 Å². The van der Waals surface area contributed by atoms with Crippen molar-refractivity contribution in [2.75, 3.05) is 0 Å². The van der Waals surface area contributed by atoms with Gasteiger partial charge in [0.05, 0.1) is 17.8 Å². The molecule has 0 amide bonds. The van der Waals surface area contributed by atoms with Crippen LogP contribution in [0.2, 0.25) is 0 Å². The lowest BCUT2D eigenvalue weighted by molar-refractivity contribution is -0.0248. The third-order valence-corrected chi connectivity index (χ3v) is 9.53. The molecule has 2 aliphatic heterocycles. The molecule has 3 heterocycles. The number of aromatic nitrogens is 3. The highest BCUT2D eigenvalue weighted by Gasteiger charge is 2.74. The molecule has 5 saturated carbocycles. The molecule has 10 rings (SSSR count). The van der Waals surface area contributed by atoms with E-state index in [1.807, 2.05) is 35.0 Å². The summed E-state index contributed by atoms with van der Waals surface area (Å²) < 4.78 is 5.00. The van der Waals surface area contributed by atoms with Crippen molar-refractivity contribution in [2.24, 2.45) is 47.3 Å². The Morgan fingerprint density at radius 3 is 2.14 bits per heavy atom. The summed E-state index contributed by atoms with van der Waals surface area (Å²) in [6, 6.07) is 9.50. The number of nitrogens with zero attached hydrogens (tertiary/aromatic N) is 3. The van der Waals surface area contributed by atoms with Crippen molar-refractivity contribution in [3.8, 4) is 5.69 Å². The van der Waals surface area contributed by atoms with Crippen LogP contribution < -0.4 is 11.4 Å². The van der Waals surface area contributed by atoms with Crippen molar-refractivity contribution >= 4 is 0 Å². The number of hydrogen-bond acceptors (Lipinski definition) is 2. The van der Waals surface area contributed by atoms with E-state index < -0.39 is 0 Å². The van der Waals surface area contributed by atoms with E-state index >= 15 is 0 Å². The molecule has 10 atom stereocenters. The zero-order valence-electron chi connectivity index (χ0n) is 16.3. The second-order valence-electron chi connectivity index (χ2n) is 10.6. The normalized spacial score (nSPS) is 46.9. The maximum absolute atomic E-state index is 13.4. The summed E-state index contributed by atoms with van der Waals surface area (Å²) in [7, 11) is 0. The monoisotopic (exact) mass is 387 g/mol. The van der Waals surface area contributed by atoms with Crippen LogP contribution in [0, 0.1) is 47.3 Å². The summed E-state index contributed by atoms with van der Waals surface area (Å²) in [6.07, 6.45) is 9.88. The largest absolute Gasteiger partial charge is 0.352 e. The first kappa shape index (κ1) is 15.5. The van der Waals surface area contributed by atoms with Gasteiger partial charge in [-0.25, -0.2) is 23.5 Å². The smallest absolute Gasteiger partial charge is 0.245 e. The van der Waals surface area contributed by atoms with Gasteiger partial charge in [-0.15, -0.1) is 0 Å². The molecule has 6 bridgehead atoms. The van der Waals surface area contributed by atoms with Crippen LogP contribution in [0.3, 0.4) is 0 Å². The molecule has 6 aliphatic carbocycles. The number of hydrogen-bond donors (Lipinski definition) is 0. The second-order valence-corrected chi connectivity index (χ2v) is 10.6. The first-order valence-electron chi connectivity index (χ1n) is 11.4. The van der Waals surface area contributed by atoms with Gasteiger partial charge in [0.2, 0.25) is 0 Å². The standard InChI is InChI=1S/C24H25N3O2/c28-23-25(14-4-2-1-3-5-14)24(29)27-19-7-6-18(26(23)27)15-9-12-8-13(20(15)19)11-17-21-16(10-12)22(17)21/h1-7,12-13,15-22H,8-11H2/t12-,13+,15+,16?,17?,18+,19+,20-,21-,22+/m1/s1. The number of benzene rings is 1. The van der Waals surface area contributed by atoms with Gasteiger partial charge < -0.3 is 0 Å². The molecular weight excluding hydrogens is 362 g/mol.